The van der Waals surface area contributed by atoms with E-state index in [2.05, 4.69) is 22.3 Å². The summed E-state index contributed by atoms with van der Waals surface area (Å²) in [5.74, 6) is -1.13. The van der Waals surface area contributed by atoms with E-state index in [9.17, 15) is 19.2 Å². The summed E-state index contributed by atoms with van der Waals surface area (Å²) in [6.07, 6.45) is 2.18. The first-order valence-corrected chi connectivity index (χ1v) is 11.7. The number of nitrogens with one attached hydrogen (secondary N) is 2. The molecule has 1 atom stereocenters. The Morgan fingerprint density at radius 2 is 1.51 bits per heavy atom. The summed E-state index contributed by atoms with van der Waals surface area (Å²) in [6, 6.07) is 3.86. The number of alkyl carbamates (subject to hydrolysis) is 1. The highest BCUT2D eigenvalue weighted by Gasteiger charge is 2.22. The van der Waals surface area contributed by atoms with Crippen LogP contribution < -0.4 is 20.1 Å². The van der Waals surface area contributed by atoms with E-state index in [1.165, 1.54) is 7.11 Å². The summed E-state index contributed by atoms with van der Waals surface area (Å²) in [5.41, 5.74) is 0.609. The lowest BCUT2D eigenvalue weighted by Crippen LogP contribution is -2.48. The molecule has 11 heteroatoms. The molecular formula is C24H36N2O9. The first kappa shape index (κ1) is 29.5. The van der Waals surface area contributed by atoms with E-state index in [4.69, 9.17) is 18.9 Å². The molecule has 2 amide bonds. The first-order valence-electron chi connectivity index (χ1n) is 11.7. The molecule has 1 aromatic carbocycles. The molecule has 1 unspecified atom stereocenters. The van der Waals surface area contributed by atoms with Crippen LogP contribution in [0.25, 0.3) is 0 Å². The minimum Gasteiger partial charge on any atom is -0.478 e. The van der Waals surface area contributed by atoms with Crippen LogP contribution in [0.4, 0.5) is 4.79 Å². The summed E-state index contributed by atoms with van der Waals surface area (Å²) in [6.45, 7) is 5.58. The van der Waals surface area contributed by atoms with Gasteiger partial charge in [0.2, 0.25) is 5.91 Å². The van der Waals surface area contributed by atoms with Crippen LogP contribution in [-0.4, -0.2) is 70.1 Å². The summed E-state index contributed by atoms with van der Waals surface area (Å²) < 4.78 is 25.4. The van der Waals surface area contributed by atoms with Gasteiger partial charge in [-0.25, -0.2) is 14.4 Å². The van der Waals surface area contributed by atoms with Gasteiger partial charge < -0.3 is 34.3 Å². The average Bonchev–Trinajstić information content (AvgIpc) is 2.84. The number of esters is 2. The van der Waals surface area contributed by atoms with E-state index in [-0.39, 0.29) is 50.3 Å². The maximum Gasteiger partial charge on any atom is 0.407 e. The topological polar surface area (TPSA) is 138 Å². The second-order valence-electron chi connectivity index (χ2n) is 7.36. The fourth-order valence-electron chi connectivity index (χ4n) is 2.95. The number of rotatable bonds is 16. The maximum atomic E-state index is 12.7. The molecule has 1 aromatic rings. The normalized spacial score (nSPS) is 11.1. The highest BCUT2D eigenvalue weighted by atomic mass is 16.6. The lowest BCUT2D eigenvalue weighted by atomic mass is 10.0. The summed E-state index contributed by atoms with van der Waals surface area (Å²) in [7, 11) is 1.21. The molecule has 0 heterocycles. The van der Waals surface area contributed by atoms with Crippen molar-refractivity contribution in [1.82, 2.24) is 10.6 Å². The van der Waals surface area contributed by atoms with E-state index in [0.717, 1.165) is 19.3 Å². The predicted molar refractivity (Wildman–Crippen MR) is 126 cm³/mol. The van der Waals surface area contributed by atoms with E-state index in [1.54, 1.807) is 32.0 Å². The molecule has 35 heavy (non-hydrogen) atoms. The molecule has 0 radical (unpaired) electrons. The van der Waals surface area contributed by atoms with E-state index < -0.39 is 24.1 Å². The van der Waals surface area contributed by atoms with Gasteiger partial charge in [-0.05, 0) is 38.0 Å². The number of hydrogen-bond donors (Lipinski definition) is 2. The number of methoxy groups -OCH3 is 1. The van der Waals surface area contributed by atoms with Crippen LogP contribution in [0.15, 0.2) is 18.2 Å². The Morgan fingerprint density at radius 3 is 2.09 bits per heavy atom. The number of carbonyl (C=O) groups is 4. The van der Waals surface area contributed by atoms with Crippen molar-refractivity contribution in [3.8, 4) is 11.5 Å². The molecule has 0 bridgehead atoms. The molecule has 2 N–H and O–H groups in total. The molecule has 196 valence electrons. The first-order chi connectivity index (χ1) is 16.8. The molecule has 1 rings (SSSR count). The molecule has 0 aliphatic rings. The van der Waals surface area contributed by atoms with Crippen LogP contribution in [-0.2, 0) is 35.0 Å². The largest absolute Gasteiger partial charge is 0.478 e. The van der Waals surface area contributed by atoms with Gasteiger partial charge in [0.25, 0.3) is 0 Å². The van der Waals surface area contributed by atoms with Crippen molar-refractivity contribution in [3.05, 3.63) is 23.8 Å². The second-order valence-corrected chi connectivity index (χ2v) is 7.36. The number of benzene rings is 1. The van der Waals surface area contributed by atoms with Gasteiger partial charge in [-0.3, -0.25) is 4.79 Å². The third-order valence-corrected chi connectivity index (χ3v) is 4.62. The Bertz CT molecular complexity index is 829. The SMILES string of the molecule is CCCCCNC(=O)C(Cc1ccc(OCC(=O)OCC)c(OCC(=O)OCC)c1)NC(=O)OC. The van der Waals surface area contributed by atoms with Crippen LogP contribution in [0, 0.1) is 0 Å². The minimum absolute atomic E-state index is 0.114. The van der Waals surface area contributed by atoms with Gasteiger partial charge in [0.1, 0.15) is 6.04 Å². The zero-order chi connectivity index (χ0) is 26.1. The Balaban J connectivity index is 3.04. The Morgan fingerprint density at radius 1 is 0.886 bits per heavy atom. The molecule has 0 aliphatic carbocycles. The molecular weight excluding hydrogens is 460 g/mol. The molecule has 0 spiro atoms. The minimum atomic E-state index is -0.909. The van der Waals surface area contributed by atoms with Gasteiger partial charge in [-0.2, -0.15) is 0 Å². The molecule has 0 aromatic heterocycles. The van der Waals surface area contributed by atoms with Crippen LogP contribution in [0.2, 0.25) is 0 Å². The van der Waals surface area contributed by atoms with Crippen molar-refractivity contribution in [2.24, 2.45) is 0 Å². The highest BCUT2D eigenvalue weighted by molar-refractivity contribution is 5.85. The molecule has 0 saturated carbocycles. The summed E-state index contributed by atoms with van der Waals surface area (Å²) >= 11 is 0. The molecule has 0 saturated heterocycles. The van der Waals surface area contributed by atoms with Gasteiger partial charge in [0.15, 0.2) is 24.7 Å². The number of carbonyl (C=O) groups excluding carboxylic acids is 4. The Hall–Kier alpha value is -3.50. The average molecular weight is 497 g/mol. The predicted octanol–water partition coefficient (Wildman–Crippen LogP) is 2.14. The van der Waals surface area contributed by atoms with Crippen molar-refractivity contribution in [1.29, 1.82) is 0 Å². The molecule has 11 nitrogen and oxygen atoms in total. The van der Waals surface area contributed by atoms with Gasteiger partial charge in [-0.1, -0.05) is 25.8 Å². The van der Waals surface area contributed by atoms with Crippen molar-refractivity contribution in [2.75, 3.05) is 40.1 Å². The van der Waals surface area contributed by atoms with Gasteiger partial charge >= 0.3 is 18.0 Å². The van der Waals surface area contributed by atoms with E-state index in [1.807, 2.05) is 0 Å². The second kappa shape index (κ2) is 17.0. The van der Waals surface area contributed by atoms with Crippen LogP contribution >= 0.6 is 0 Å². The monoisotopic (exact) mass is 496 g/mol. The third kappa shape index (κ3) is 12.0. The van der Waals surface area contributed by atoms with Crippen molar-refractivity contribution >= 4 is 23.9 Å². The number of unbranched alkanes of at least 4 members (excludes halogenated alkanes) is 2. The number of ether oxygens (including phenoxy) is 5. The number of amides is 2. The number of hydrogen-bond acceptors (Lipinski definition) is 9. The Kier molecular flexibility index (Phi) is 14.4. The fourth-order valence-corrected chi connectivity index (χ4v) is 2.95. The molecule has 0 fully saturated rings. The zero-order valence-corrected chi connectivity index (χ0v) is 20.8. The van der Waals surface area contributed by atoms with Crippen molar-refractivity contribution in [3.63, 3.8) is 0 Å². The maximum absolute atomic E-state index is 12.7. The zero-order valence-electron chi connectivity index (χ0n) is 20.8. The smallest absolute Gasteiger partial charge is 0.407 e. The van der Waals surface area contributed by atoms with E-state index in [0.29, 0.717) is 12.1 Å². The van der Waals surface area contributed by atoms with Crippen molar-refractivity contribution < 1.29 is 42.9 Å². The quantitative estimate of drug-likeness (QED) is 0.200. The summed E-state index contributed by atoms with van der Waals surface area (Å²) in [5, 5.41) is 5.34. The van der Waals surface area contributed by atoms with Gasteiger partial charge in [-0.15, -0.1) is 0 Å². The van der Waals surface area contributed by atoms with Gasteiger partial charge in [0.05, 0.1) is 20.3 Å². The van der Waals surface area contributed by atoms with Crippen LogP contribution in [0.3, 0.4) is 0 Å². The molecule has 0 aliphatic heterocycles. The van der Waals surface area contributed by atoms with Crippen LogP contribution in [0.1, 0.15) is 45.6 Å². The lowest BCUT2D eigenvalue weighted by Gasteiger charge is -2.19. The van der Waals surface area contributed by atoms with Gasteiger partial charge in [0, 0.05) is 13.0 Å². The van der Waals surface area contributed by atoms with Crippen molar-refractivity contribution in [2.45, 2.75) is 52.5 Å². The third-order valence-electron chi connectivity index (χ3n) is 4.62. The summed E-state index contributed by atoms with van der Waals surface area (Å²) in [4.78, 5) is 47.9. The standard InChI is InChI=1S/C24H36N2O9/c1-5-8-9-12-25-23(29)18(26-24(30)31-4)13-17-10-11-19(34-15-21(27)32-6-2)20(14-17)35-16-22(28)33-7-3/h10-11,14,18H,5-9,12-13,15-16H2,1-4H3,(H,25,29)(H,26,30). The highest BCUT2D eigenvalue weighted by Crippen LogP contribution is 2.29. The van der Waals surface area contributed by atoms with Crippen LogP contribution in [0.5, 0.6) is 11.5 Å². The fraction of sp³-hybridized carbons (Fsp3) is 0.583. The lowest BCUT2D eigenvalue weighted by molar-refractivity contribution is -0.146. The Labute approximate surface area is 205 Å². The van der Waals surface area contributed by atoms with E-state index >= 15 is 0 Å².